The van der Waals surface area contributed by atoms with Crippen molar-refractivity contribution in [3.63, 3.8) is 0 Å². The van der Waals surface area contributed by atoms with Gasteiger partial charge in [-0.05, 0) is 6.42 Å². The summed E-state index contributed by atoms with van der Waals surface area (Å²) in [4.78, 5) is 36.3. The number of unbranched alkanes of at least 4 members (excludes halogenated alkanes) is 16. The van der Waals surface area contributed by atoms with E-state index in [1.54, 1.807) is 0 Å². The quantitative estimate of drug-likeness (QED) is 0.123. The van der Waals surface area contributed by atoms with Crippen LogP contribution >= 0.6 is 15.2 Å². The molecule has 0 rings (SSSR count). The van der Waals surface area contributed by atoms with Gasteiger partial charge in [0.2, 0.25) is 0 Å². The normalized spacial score (nSPS) is 12.8. The molecule has 0 radical (unpaired) electrons. The fourth-order valence-corrected chi connectivity index (χ4v) is 6.19. The molecule has 0 amide bonds. The summed E-state index contributed by atoms with van der Waals surface area (Å²) in [7, 11) is -9.50. The Morgan fingerprint density at radius 2 is 0.750 bits per heavy atom. The highest BCUT2D eigenvalue weighted by atomic mass is 31.2. The maximum Gasteiger partial charge on any atom is 0.340 e. The SMILES string of the molecule is CCCCCCCCCCCCCCCCCCCC(P(=O)(O)O)P(=O)(O)O. The second kappa shape index (κ2) is 17.0. The lowest BCUT2D eigenvalue weighted by molar-refractivity contribution is 0.333. The molecule has 0 unspecified atom stereocenters. The molecule has 0 heterocycles. The number of rotatable bonds is 20. The predicted molar refractivity (Wildman–Crippen MR) is 117 cm³/mol. The van der Waals surface area contributed by atoms with Crippen molar-refractivity contribution in [2.75, 3.05) is 0 Å². The van der Waals surface area contributed by atoms with Crippen LogP contribution in [0.3, 0.4) is 0 Å². The molecular formula is C20H44O6P2. The summed E-state index contributed by atoms with van der Waals surface area (Å²) in [5, 5.41) is -1.84. The van der Waals surface area contributed by atoms with Crippen LogP contribution in [0.2, 0.25) is 0 Å². The molecule has 0 bridgehead atoms. The zero-order chi connectivity index (χ0) is 21.3. The minimum absolute atomic E-state index is 0.118. The topological polar surface area (TPSA) is 115 Å². The van der Waals surface area contributed by atoms with Crippen LogP contribution in [-0.4, -0.2) is 25.0 Å². The van der Waals surface area contributed by atoms with Crippen molar-refractivity contribution in [1.29, 1.82) is 0 Å². The molecule has 0 aromatic rings. The van der Waals surface area contributed by atoms with E-state index < -0.39 is 20.6 Å². The summed E-state index contributed by atoms with van der Waals surface area (Å²) in [5.74, 6) is 0. The Morgan fingerprint density at radius 1 is 0.500 bits per heavy atom. The smallest absolute Gasteiger partial charge is 0.324 e. The van der Waals surface area contributed by atoms with Crippen LogP contribution in [0.5, 0.6) is 0 Å². The molecule has 4 N–H and O–H groups in total. The van der Waals surface area contributed by atoms with Gasteiger partial charge in [-0.2, -0.15) is 0 Å². The lowest BCUT2D eigenvalue weighted by Crippen LogP contribution is -2.09. The lowest BCUT2D eigenvalue weighted by atomic mass is 10.0. The average Bonchev–Trinajstić information content (AvgIpc) is 2.58. The molecule has 0 aliphatic carbocycles. The third-order valence-corrected chi connectivity index (χ3v) is 9.22. The summed E-state index contributed by atoms with van der Waals surface area (Å²) in [6, 6.07) is 0. The fraction of sp³-hybridized carbons (Fsp3) is 1.00. The Kier molecular flexibility index (Phi) is 17.2. The predicted octanol–water partition coefficient (Wildman–Crippen LogP) is 6.71. The molecule has 6 nitrogen and oxygen atoms in total. The van der Waals surface area contributed by atoms with E-state index in [1.165, 1.54) is 77.0 Å². The van der Waals surface area contributed by atoms with E-state index in [0.29, 0.717) is 6.42 Å². The van der Waals surface area contributed by atoms with E-state index in [-0.39, 0.29) is 6.42 Å². The highest BCUT2D eigenvalue weighted by Crippen LogP contribution is 2.61. The van der Waals surface area contributed by atoms with Crippen LogP contribution in [0.4, 0.5) is 0 Å². The molecule has 0 aromatic heterocycles. The van der Waals surface area contributed by atoms with E-state index in [1.807, 2.05) is 0 Å². The van der Waals surface area contributed by atoms with Gasteiger partial charge in [0.1, 0.15) is 0 Å². The van der Waals surface area contributed by atoms with Crippen LogP contribution in [0.1, 0.15) is 122 Å². The highest BCUT2D eigenvalue weighted by Gasteiger charge is 2.42. The van der Waals surface area contributed by atoms with Crippen molar-refractivity contribution in [2.24, 2.45) is 0 Å². The van der Waals surface area contributed by atoms with Gasteiger partial charge in [0.05, 0.1) is 0 Å². The molecule has 0 aromatic carbocycles. The monoisotopic (exact) mass is 442 g/mol. The second-order valence-electron chi connectivity index (χ2n) is 8.10. The minimum atomic E-state index is -4.75. The van der Waals surface area contributed by atoms with Crippen molar-refractivity contribution in [1.82, 2.24) is 0 Å². The van der Waals surface area contributed by atoms with Gasteiger partial charge in [-0.1, -0.05) is 116 Å². The molecule has 0 saturated carbocycles. The molecule has 28 heavy (non-hydrogen) atoms. The van der Waals surface area contributed by atoms with Gasteiger partial charge in [0.15, 0.2) is 5.40 Å². The van der Waals surface area contributed by atoms with Crippen molar-refractivity contribution < 1.29 is 28.7 Å². The van der Waals surface area contributed by atoms with Crippen LogP contribution < -0.4 is 0 Å². The third-order valence-electron chi connectivity index (χ3n) is 5.34. The van der Waals surface area contributed by atoms with E-state index >= 15 is 0 Å². The van der Waals surface area contributed by atoms with Crippen molar-refractivity contribution >= 4 is 15.2 Å². The molecule has 0 aliphatic heterocycles. The Balaban J connectivity index is 3.40. The second-order valence-corrected chi connectivity index (χ2v) is 12.1. The highest BCUT2D eigenvalue weighted by molar-refractivity contribution is 7.70. The van der Waals surface area contributed by atoms with E-state index in [2.05, 4.69) is 6.92 Å². The van der Waals surface area contributed by atoms with Crippen molar-refractivity contribution in [3.8, 4) is 0 Å². The first-order valence-corrected chi connectivity index (χ1v) is 14.7. The van der Waals surface area contributed by atoms with Gasteiger partial charge < -0.3 is 19.6 Å². The van der Waals surface area contributed by atoms with Crippen LogP contribution in [-0.2, 0) is 9.13 Å². The molecule has 170 valence electrons. The maximum absolute atomic E-state index is 11.2. The largest absolute Gasteiger partial charge is 0.340 e. The zero-order valence-electron chi connectivity index (χ0n) is 17.8. The summed E-state index contributed by atoms with van der Waals surface area (Å²) in [6.45, 7) is 2.25. The first kappa shape index (κ1) is 28.3. The standard InChI is InChI=1S/C20H44O6P2/c1-2-3-4-5-6-7-8-9-10-11-12-13-14-15-16-17-18-19-20(27(21,22)23)28(24,25)26/h20H,2-19H2,1H3,(H2,21,22,23)(H2,24,25,26). The summed E-state index contributed by atoms with van der Waals surface area (Å²) < 4.78 is 22.4. The molecular weight excluding hydrogens is 398 g/mol. The Labute approximate surface area is 172 Å². The molecule has 0 aliphatic rings. The van der Waals surface area contributed by atoms with Gasteiger partial charge in [-0.15, -0.1) is 0 Å². The van der Waals surface area contributed by atoms with Crippen LogP contribution in [0.15, 0.2) is 0 Å². The molecule has 8 heteroatoms. The van der Waals surface area contributed by atoms with Crippen LogP contribution in [0.25, 0.3) is 0 Å². The van der Waals surface area contributed by atoms with Gasteiger partial charge in [-0.25, -0.2) is 0 Å². The minimum Gasteiger partial charge on any atom is -0.324 e. The van der Waals surface area contributed by atoms with Gasteiger partial charge in [0.25, 0.3) is 0 Å². The molecule has 0 fully saturated rings. The third kappa shape index (κ3) is 17.2. The maximum atomic E-state index is 11.2. The first-order chi connectivity index (χ1) is 13.2. The molecule has 0 atom stereocenters. The summed E-state index contributed by atoms with van der Waals surface area (Å²) in [5.41, 5.74) is 0. The van der Waals surface area contributed by atoms with Gasteiger partial charge in [0, 0.05) is 0 Å². The van der Waals surface area contributed by atoms with Crippen LogP contribution in [0, 0.1) is 0 Å². The number of hydrogen-bond acceptors (Lipinski definition) is 2. The van der Waals surface area contributed by atoms with Crippen molar-refractivity contribution in [2.45, 2.75) is 128 Å². The summed E-state index contributed by atoms with van der Waals surface area (Å²) >= 11 is 0. The van der Waals surface area contributed by atoms with E-state index in [9.17, 15) is 9.13 Å². The van der Waals surface area contributed by atoms with E-state index in [4.69, 9.17) is 19.6 Å². The van der Waals surface area contributed by atoms with Gasteiger partial charge >= 0.3 is 15.2 Å². The lowest BCUT2D eigenvalue weighted by Gasteiger charge is -2.19. The Hall–Kier alpha value is 0.300. The van der Waals surface area contributed by atoms with Crippen molar-refractivity contribution in [3.05, 3.63) is 0 Å². The zero-order valence-corrected chi connectivity index (χ0v) is 19.6. The molecule has 0 saturated heterocycles. The Bertz CT molecular complexity index is 424. The van der Waals surface area contributed by atoms with E-state index in [0.717, 1.165) is 25.7 Å². The fourth-order valence-electron chi connectivity index (χ4n) is 3.58. The molecule has 0 spiro atoms. The summed E-state index contributed by atoms with van der Waals surface area (Å²) in [6.07, 6.45) is 20.4. The Morgan fingerprint density at radius 3 is 1.00 bits per heavy atom. The first-order valence-electron chi connectivity index (χ1n) is 11.3. The average molecular weight is 443 g/mol. The number of hydrogen-bond donors (Lipinski definition) is 4. The van der Waals surface area contributed by atoms with Gasteiger partial charge in [-0.3, -0.25) is 9.13 Å².